The molecule has 4 aromatic heterocycles. The van der Waals surface area contributed by atoms with E-state index < -0.39 is 0 Å². The molecule has 6 heteroatoms. The Hall–Kier alpha value is -5.25. The fourth-order valence-electron chi connectivity index (χ4n) is 6.01. The van der Waals surface area contributed by atoms with Gasteiger partial charge in [0.05, 0.1) is 28.5 Å². The molecule has 7 aromatic rings. The van der Waals surface area contributed by atoms with Gasteiger partial charge in [-0.1, -0.05) is 90.5 Å². The standard InChI is InChI=1S/C41H33N5.Pt/c1-28-24-29(2)41(30(3)25-28)46(39-18-10-16-35(44-39)37-26-33(20-22-42-37)31-12-6-4-7-13-31)40-19-11-17-36(45-40)38-27-34(21-23-43-38)32-14-8-5-9-15-32;/h4-27H,1-3H3;. The second-order valence-corrected chi connectivity index (χ2v) is 11.4. The van der Waals surface area contributed by atoms with Crippen LogP contribution in [0.2, 0.25) is 0 Å². The molecular weight excluding hydrogens is 758 g/mol. The van der Waals surface area contributed by atoms with Crippen molar-refractivity contribution in [3.05, 3.63) is 163 Å². The van der Waals surface area contributed by atoms with Crippen LogP contribution in [0.15, 0.2) is 146 Å². The number of aryl methyl sites for hydroxylation is 3. The van der Waals surface area contributed by atoms with Gasteiger partial charge in [0.15, 0.2) is 0 Å². The minimum absolute atomic E-state index is 0. The summed E-state index contributed by atoms with van der Waals surface area (Å²) in [6.07, 6.45) is 3.69. The van der Waals surface area contributed by atoms with Gasteiger partial charge >= 0.3 is 0 Å². The van der Waals surface area contributed by atoms with Crippen molar-refractivity contribution in [1.29, 1.82) is 0 Å². The Morgan fingerprint density at radius 1 is 0.426 bits per heavy atom. The van der Waals surface area contributed by atoms with Gasteiger partial charge in [-0.05, 0) is 103 Å². The Bertz CT molecular complexity index is 2000. The van der Waals surface area contributed by atoms with E-state index in [1.54, 1.807) is 0 Å². The minimum atomic E-state index is 0. The maximum absolute atomic E-state index is 5.20. The van der Waals surface area contributed by atoms with E-state index in [0.29, 0.717) is 0 Å². The van der Waals surface area contributed by atoms with Crippen LogP contribution in [0.5, 0.6) is 0 Å². The number of pyridine rings is 4. The topological polar surface area (TPSA) is 54.8 Å². The number of aromatic nitrogens is 4. The summed E-state index contributed by atoms with van der Waals surface area (Å²) in [7, 11) is 0. The number of hydrogen-bond donors (Lipinski definition) is 0. The minimum Gasteiger partial charge on any atom is -0.278 e. The third-order valence-electron chi connectivity index (χ3n) is 8.04. The molecule has 0 bridgehead atoms. The van der Waals surface area contributed by atoms with Gasteiger partial charge in [0, 0.05) is 33.5 Å². The van der Waals surface area contributed by atoms with Crippen LogP contribution in [0.3, 0.4) is 0 Å². The fourth-order valence-corrected chi connectivity index (χ4v) is 6.01. The molecule has 0 radical (unpaired) electrons. The number of benzene rings is 3. The Kier molecular flexibility index (Phi) is 9.47. The summed E-state index contributed by atoms with van der Waals surface area (Å²) in [6, 6.07) is 45.5. The molecule has 0 fully saturated rings. The fraction of sp³-hybridized carbons (Fsp3) is 0.0732. The first-order chi connectivity index (χ1) is 22.5. The number of anilines is 3. The van der Waals surface area contributed by atoms with Gasteiger partial charge < -0.3 is 0 Å². The molecule has 0 atom stereocenters. The van der Waals surface area contributed by atoms with Gasteiger partial charge in [0.2, 0.25) is 0 Å². The van der Waals surface area contributed by atoms with Crippen molar-refractivity contribution >= 4 is 17.3 Å². The summed E-state index contributed by atoms with van der Waals surface area (Å²) >= 11 is 0. The van der Waals surface area contributed by atoms with Crippen LogP contribution in [0.1, 0.15) is 16.7 Å². The van der Waals surface area contributed by atoms with Crippen molar-refractivity contribution in [3.63, 3.8) is 0 Å². The molecule has 0 amide bonds. The van der Waals surface area contributed by atoms with Gasteiger partial charge in [0.25, 0.3) is 0 Å². The Labute approximate surface area is 290 Å². The van der Waals surface area contributed by atoms with E-state index in [1.807, 2.05) is 97.3 Å². The van der Waals surface area contributed by atoms with E-state index in [2.05, 4.69) is 74.2 Å². The monoisotopic (exact) mass is 790 g/mol. The Morgan fingerprint density at radius 2 is 0.872 bits per heavy atom. The Balaban J connectivity index is 0.00000386. The largest absolute Gasteiger partial charge is 0.278 e. The molecule has 0 N–H and O–H groups in total. The van der Waals surface area contributed by atoms with Crippen LogP contribution in [0.25, 0.3) is 45.0 Å². The zero-order valence-corrected chi connectivity index (χ0v) is 28.7. The maximum atomic E-state index is 5.20. The van der Waals surface area contributed by atoms with Crippen molar-refractivity contribution in [3.8, 4) is 45.0 Å². The molecule has 3 aromatic carbocycles. The number of nitrogens with zero attached hydrogens (tertiary/aromatic N) is 5. The summed E-state index contributed by atoms with van der Waals surface area (Å²) < 4.78 is 0. The molecule has 0 saturated carbocycles. The molecule has 0 aliphatic heterocycles. The average Bonchev–Trinajstić information content (AvgIpc) is 3.11. The van der Waals surface area contributed by atoms with Crippen LogP contribution in [-0.4, -0.2) is 19.9 Å². The van der Waals surface area contributed by atoms with Crippen molar-refractivity contribution < 1.29 is 21.1 Å². The number of rotatable bonds is 7. The first kappa shape index (κ1) is 31.7. The van der Waals surface area contributed by atoms with Crippen LogP contribution in [-0.2, 0) is 21.1 Å². The first-order valence-electron chi connectivity index (χ1n) is 15.4. The molecule has 7 rings (SSSR count). The molecule has 4 heterocycles. The molecule has 47 heavy (non-hydrogen) atoms. The SMILES string of the molecule is Cc1cc(C)c(N(c2cccc(-c3cc(-c4ccccc4)ccn3)n2)c2cccc(-c3cc(-c4ccccc4)ccn3)n2)c(C)c1.[Pt]. The summed E-state index contributed by atoms with van der Waals surface area (Å²) in [5.41, 5.74) is 12.2. The van der Waals surface area contributed by atoms with Crippen LogP contribution < -0.4 is 4.90 Å². The quantitative estimate of drug-likeness (QED) is 0.161. The van der Waals surface area contributed by atoms with Gasteiger partial charge in [-0.2, -0.15) is 0 Å². The van der Waals surface area contributed by atoms with Crippen LogP contribution in [0.4, 0.5) is 17.3 Å². The molecule has 0 aliphatic carbocycles. The summed E-state index contributed by atoms with van der Waals surface area (Å²) in [4.78, 5) is 22.0. The van der Waals surface area contributed by atoms with E-state index in [-0.39, 0.29) is 21.1 Å². The smallest absolute Gasteiger partial charge is 0.139 e. The normalized spacial score (nSPS) is 10.7. The molecule has 0 saturated heterocycles. The second-order valence-electron chi connectivity index (χ2n) is 11.4. The molecule has 0 aliphatic rings. The van der Waals surface area contributed by atoms with Crippen LogP contribution in [0, 0.1) is 20.8 Å². The molecule has 232 valence electrons. The molecular formula is C41H33N5Pt. The van der Waals surface area contributed by atoms with Gasteiger partial charge in [-0.3, -0.25) is 14.9 Å². The molecule has 0 unspecified atom stereocenters. The van der Waals surface area contributed by atoms with Crippen LogP contribution >= 0.6 is 0 Å². The van der Waals surface area contributed by atoms with Gasteiger partial charge in [-0.25, -0.2) is 9.97 Å². The maximum Gasteiger partial charge on any atom is 0.139 e. The number of hydrogen-bond acceptors (Lipinski definition) is 5. The van der Waals surface area contributed by atoms with Crippen molar-refractivity contribution in [2.24, 2.45) is 0 Å². The summed E-state index contributed by atoms with van der Waals surface area (Å²) in [6.45, 7) is 6.42. The molecule has 0 spiro atoms. The van der Waals surface area contributed by atoms with Gasteiger partial charge in [0.1, 0.15) is 11.6 Å². The zero-order chi connectivity index (χ0) is 31.5. The zero-order valence-electron chi connectivity index (χ0n) is 26.4. The van der Waals surface area contributed by atoms with E-state index >= 15 is 0 Å². The summed E-state index contributed by atoms with van der Waals surface area (Å²) in [5, 5.41) is 0. The first-order valence-corrected chi connectivity index (χ1v) is 15.4. The third kappa shape index (κ3) is 6.82. The van der Waals surface area contributed by atoms with Crippen molar-refractivity contribution in [2.45, 2.75) is 20.8 Å². The van der Waals surface area contributed by atoms with Crippen molar-refractivity contribution in [2.75, 3.05) is 4.90 Å². The average molecular weight is 791 g/mol. The predicted octanol–water partition coefficient (Wildman–Crippen LogP) is 10.3. The van der Waals surface area contributed by atoms with E-state index in [0.717, 1.165) is 73.5 Å². The Morgan fingerprint density at radius 3 is 1.32 bits per heavy atom. The van der Waals surface area contributed by atoms with E-state index in [4.69, 9.17) is 19.9 Å². The van der Waals surface area contributed by atoms with Crippen molar-refractivity contribution in [1.82, 2.24) is 19.9 Å². The predicted molar refractivity (Wildman–Crippen MR) is 188 cm³/mol. The van der Waals surface area contributed by atoms with E-state index in [1.165, 1.54) is 5.56 Å². The second kappa shape index (κ2) is 14.0. The molecule has 5 nitrogen and oxygen atoms in total. The third-order valence-corrected chi connectivity index (χ3v) is 8.04. The van der Waals surface area contributed by atoms with E-state index in [9.17, 15) is 0 Å². The van der Waals surface area contributed by atoms with Gasteiger partial charge in [-0.15, -0.1) is 0 Å². The summed E-state index contributed by atoms with van der Waals surface area (Å²) in [5.74, 6) is 1.52.